The van der Waals surface area contributed by atoms with Crippen LogP contribution in [0.3, 0.4) is 0 Å². The Bertz CT molecular complexity index is 404. The second-order valence-electron chi connectivity index (χ2n) is 5.20. The van der Waals surface area contributed by atoms with Crippen molar-refractivity contribution >= 4 is 0 Å². The van der Waals surface area contributed by atoms with Crippen LogP contribution in [0.25, 0.3) is 0 Å². The van der Waals surface area contributed by atoms with Crippen molar-refractivity contribution in [2.45, 2.75) is 39.1 Å². The first-order chi connectivity index (χ1) is 8.54. The summed E-state index contributed by atoms with van der Waals surface area (Å²) in [5.74, 6) is 1.26. The van der Waals surface area contributed by atoms with Gasteiger partial charge in [0.2, 0.25) is 0 Å². The maximum Gasteiger partial charge on any atom is 0.119 e. The minimum atomic E-state index is -0.505. The van der Waals surface area contributed by atoms with Crippen LogP contribution < -0.4 is 4.74 Å². The number of hydrogen-bond donors (Lipinski definition) is 1. The fourth-order valence-electron chi connectivity index (χ4n) is 2.89. The molecular formula is C15H22O3. The van der Waals surface area contributed by atoms with Gasteiger partial charge in [-0.05, 0) is 37.5 Å². The first kappa shape index (κ1) is 13.4. The summed E-state index contributed by atoms with van der Waals surface area (Å²) in [6.07, 6.45) is -0.225. The van der Waals surface area contributed by atoms with Crippen LogP contribution in [-0.4, -0.2) is 24.4 Å². The summed E-state index contributed by atoms with van der Waals surface area (Å²) in [4.78, 5) is 0. The minimum absolute atomic E-state index is 0.0798. The molecule has 1 heterocycles. The molecule has 0 aliphatic carbocycles. The number of aliphatic hydroxyl groups is 1. The molecule has 2 rings (SSSR count). The van der Waals surface area contributed by atoms with Crippen LogP contribution in [-0.2, 0) is 4.74 Å². The number of hydrogen-bond acceptors (Lipinski definition) is 3. The van der Waals surface area contributed by atoms with E-state index in [4.69, 9.17) is 9.47 Å². The standard InChI is InChI=1S/C15H22O3/c1-9-10(2)18-11(3)14(9)15(16)12-6-5-7-13(8-12)17-4/h5-11,14-16H,1-4H3. The lowest BCUT2D eigenvalue weighted by Gasteiger charge is -2.25. The van der Waals surface area contributed by atoms with Crippen molar-refractivity contribution in [3.8, 4) is 5.75 Å². The van der Waals surface area contributed by atoms with Gasteiger partial charge in [-0.25, -0.2) is 0 Å². The van der Waals surface area contributed by atoms with Gasteiger partial charge in [-0.3, -0.25) is 0 Å². The third-order valence-corrected chi connectivity index (χ3v) is 4.12. The lowest BCUT2D eigenvalue weighted by atomic mass is 9.82. The number of ether oxygens (including phenoxy) is 2. The summed E-state index contributed by atoms with van der Waals surface area (Å²) >= 11 is 0. The highest BCUT2D eigenvalue weighted by Crippen LogP contribution is 2.40. The van der Waals surface area contributed by atoms with Crippen LogP contribution in [0, 0.1) is 11.8 Å². The Kier molecular flexibility index (Phi) is 3.93. The van der Waals surface area contributed by atoms with Crippen LogP contribution in [0.1, 0.15) is 32.4 Å². The van der Waals surface area contributed by atoms with Crippen molar-refractivity contribution in [3.05, 3.63) is 29.8 Å². The van der Waals surface area contributed by atoms with E-state index >= 15 is 0 Å². The number of rotatable bonds is 3. The van der Waals surface area contributed by atoms with Crippen molar-refractivity contribution in [2.24, 2.45) is 11.8 Å². The summed E-state index contributed by atoms with van der Waals surface area (Å²) in [6, 6.07) is 7.63. The zero-order valence-electron chi connectivity index (χ0n) is 11.5. The summed E-state index contributed by atoms with van der Waals surface area (Å²) < 4.78 is 11.0. The fourth-order valence-corrected chi connectivity index (χ4v) is 2.89. The average Bonchev–Trinajstić information content (AvgIpc) is 2.62. The van der Waals surface area contributed by atoms with Gasteiger partial charge in [0.05, 0.1) is 25.4 Å². The molecule has 1 saturated heterocycles. The Labute approximate surface area is 109 Å². The van der Waals surface area contributed by atoms with E-state index in [1.54, 1.807) is 7.11 Å². The summed E-state index contributed by atoms with van der Waals surface area (Å²) in [5.41, 5.74) is 0.899. The van der Waals surface area contributed by atoms with Crippen LogP contribution in [0.15, 0.2) is 24.3 Å². The third kappa shape index (κ3) is 2.38. The van der Waals surface area contributed by atoms with E-state index in [9.17, 15) is 5.11 Å². The van der Waals surface area contributed by atoms with E-state index in [2.05, 4.69) is 13.8 Å². The van der Waals surface area contributed by atoms with Crippen LogP contribution in [0.5, 0.6) is 5.75 Å². The summed E-state index contributed by atoms with van der Waals surface area (Å²) in [6.45, 7) is 6.25. The van der Waals surface area contributed by atoms with Gasteiger partial charge in [-0.15, -0.1) is 0 Å². The molecule has 5 unspecified atom stereocenters. The Morgan fingerprint density at radius 1 is 1.22 bits per heavy atom. The van der Waals surface area contributed by atoms with E-state index in [1.165, 1.54) is 0 Å². The zero-order valence-corrected chi connectivity index (χ0v) is 11.5. The first-order valence-electron chi connectivity index (χ1n) is 6.52. The predicted molar refractivity (Wildman–Crippen MR) is 70.6 cm³/mol. The molecule has 0 amide bonds. The Balaban J connectivity index is 2.22. The molecular weight excluding hydrogens is 228 g/mol. The van der Waals surface area contributed by atoms with Gasteiger partial charge in [0.15, 0.2) is 0 Å². The van der Waals surface area contributed by atoms with Crippen molar-refractivity contribution in [3.63, 3.8) is 0 Å². The van der Waals surface area contributed by atoms with Gasteiger partial charge < -0.3 is 14.6 Å². The Hall–Kier alpha value is -1.06. The molecule has 3 nitrogen and oxygen atoms in total. The van der Waals surface area contributed by atoms with Crippen LogP contribution in [0.2, 0.25) is 0 Å². The van der Waals surface area contributed by atoms with Crippen molar-refractivity contribution < 1.29 is 14.6 Å². The topological polar surface area (TPSA) is 38.7 Å². The summed E-state index contributed by atoms with van der Waals surface area (Å²) in [5, 5.41) is 10.6. The van der Waals surface area contributed by atoms with Crippen molar-refractivity contribution in [2.75, 3.05) is 7.11 Å². The van der Waals surface area contributed by atoms with Crippen LogP contribution in [0.4, 0.5) is 0 Å². The maximum atomic E-state index is 10.6. The molecule has 0 bridgehead atoms. The van der Waals surface area contributed by atoms with E-state index in [-0.39, 0.29) is 18.1 Å². The summed E-state index contributed by atoms with van der Waals surface area (Å²) in [7, 11) is 1.64. The number of aliphatic hydroxyl groups excluding tert-OH is 1. The molecule has 1 aromatic rings. The largest absolute Gasteiger partial charge is 0.497 e. The van der Waals surface area contributed by atoms with Crippen LogP contribution >= 0.6 is 0 Å². The third-order valence-electron chi connectivity index (χ3n) is 4.12. The first-order valence-corrected chi connectivity index (χ1v) is 6.52. The maximum absolute atomic E-state index is 10.6. The zero-order chi connectivity index (χ0) is 13.3. The number of methoxy groups -OCH3 is 1. The minimum Gasteiger partial charge on any atom is -0.497 e. The van der Waals surface area contributed by atoms with Gasteiger partial charge in [-0.1, -0.05) is 19.1 Å². The molecule has 1 aliphatic heterocycles. The van der Waals surface area contributed by atoms with Crippen molar-refractivity contribution in [1.82, 2.24) is 0 Å². The van der Waals surface area contributed by atoms with Gasteiger partial charge in [0.25, 0.3) is 0 Å². The van der Waals surface area contributed by atoms with E-state index < -0.39 is 6.10 Å². The van der Waals surface area contributed by atoms with Gasteiger partial charge in [-0.2, -0.15) is 0 Å². The molecule has 100 valence electrons. The lowest BCUT2D eigenvalue weighted by Crippen LogP contribution is -2.24. The Morgan fingerprint density at radius 3 is 2.50 bits per heavy atom. The molecule has 1 aliphatic rings. The van der Waals surface area contributed by atoms with Gasteiger partial charge in [0, 0.05) is 5.92 Å². The molecule has 5 atom stereocenters. The fraction of sp³-hybridized carbons (Fsp3) is 0.600. The molecule has 0 aromatic heterocycles. The molecule has 1 fully saturated rings. The smallest absolute Gasteiger partial charge is 0.119 e. The highest BCUT2D eigenvalue weighted by atomic mass is 16.5. The highest BCUT2D eigenvalue weighted by molar-refractivity contribution is 5.30. The SMILES string of the molecule is COc1cccc(C(O)C2C(C)OC(C)C2C)c1. The molecule has 0 radical (unpaired) electrons. The molecule has 1 aromatic carbocycles. The molecule has 0 saturated carbocycles. The second-order valence-corrected chi connectivity index (χ2v) is 5.20. The lowest BCUT2D eigenvalue weighted by molar-refractivity contribution is 0.0230. The normalized spacial score (nSPS) is 33.4. The predicted octanol–water partition coefficient (Wildman–Crippen LogP) is 2.79. The number of benzene rings is 1. The Morgan fingerprint density at radius 2 is 1.94 bits per heavy atom. The van der Waals surface area contributed by atoms with E-state index in [1.807, 2.05) is 31.2 Å². The molecule has 1 N–H and O–H groups in total. The molecule has 3 heteroatoms. The van der Waals surface area contributed by atoms with Gasteiger partial charge >= 0.3 is 0 Å². The van der Waals surface area contributed by atoms with E-state index in [0.717, 1.165) is 11.3 Å². The second kappa shape index (κ2) is 5.29. The van der Waals surface area contributed by atoms with Gasteiger partial charge in [0.1, 0.15) is 5.75 Å². The average molecular weight is 250 g/mol. The monoisotopic (exact) mass is 250 g/mol. The highest BCUT2D eigenvalue weighted by Gasteiger charge is 2.41. The molecule has 0 spiro atoms. The van der Waals surface area contributed by atoms with Crippen molar-refractivity contribution in [1.29, 1.82) is 0 Å². The molecule has 18 heavy (non-hydrogen) atoms. The quantitative estimate of drug-likeness (QED) is 0.896. The van der Waals surface area contributed by atoms with E-state index in [0.29, 0.717) is 5.92 Å².